The average Bonchev–Trinajstić information content (AvgIpc) is 2.39. The largest absolute Gasteiger partial charge is 0.0838 e. The Labute approximate surface area is 107 Å². The minimum atomic E-state index is 1.13. The number of benzene rings is 1. The number of rotatable bonds is 7. The van der Waals surface area contributed by atoms with Crippen molar-refractivity contribution in [2.24, 2.45) is 0 Å². The highest BCUT2D eigenvalue weighted by molar-refractivity contribution is 5.68. The van der Waals surface area contributed by atoms with Crippen molar-refractivity contribution in [1.29, 1.82) is 0 Å². The second-order valence-electron chi connectivity index (χ2n) is 4.64. The summed E-state index contributed by atoms with van der Waals surface area (Å²) in [5.74, 6) is 0. The van der Waals surface area contributed by atoms with E-state index in [1.54, 1.807) is 0 Å². The van der Waals surface area contributed by atoms with E-state index >= 15 is 0 Å². The molecule has 1 rings (SSSR count). The van der Waals surface area contributed by atoms with Crippen LogP contribution in [0.3, 0.4) is 0 Å². The van der Waals surface area contributed by atoms with Gasteiger partial charge in [-0.1, -0.05) is 63.5 Å². The van der Waals surface area contributed by atoms with Crippen LogP contribution in [-0.2, 0) is 6.42 Å². The van der Waals surface area contributed by atoms with Crippen LogP contribution in [0.4, 0.5) is 0 Å². The van der Waals surface area contributed by atoms with Crippen LogP contribution in [0, 0.1) is 0 Å². The SMILES string of the molecule is CC=C(CCCCCC)c1ccccc1CC. The second-order valence-corrected chi connectivity index (χ2v) is 4.64. The molecule has 94 valence electrons. The van der Waals surface area contributed by atoms with Gasteiger partial charge in [0.15, 0.2) is 0 Å². The summed E-state index contributed by atoms with van der Waals surface area (Å²) in [6.45, 7) is 6.67. The number of hydrogen-bond donors (Lipinski definition) is 0. The van der Waals surface area contributed by atoms with E-state index in [0.717, 1.165) is 6.42 Å². The molecular formula is C17H26. The van der Waals surface area contributed by atoms with E-state index in [0.29, 0.717) is 0 Å². The third-order valence-electron chi connectivity index (χ3n) is 3.39. The van der Waals surface area contributed by atoms with Gasteiger partial charge in [0, 0.05) is 0 Å². The number of hydrogen-bond acceptors (Lipinski definition) is 0. The molecule has 0 fully saturated rings. The van der Waals surface area contributed by atoms with Crippen LogP contribution in [0.15, 0.2) is 30.3 Å². The van der Waals surface area contributed by atoms with Crippen molar-refractivity contribution in [2.75, 3.05) is 0 Å². The summed E-state index contributed by atoms with van der Waals surface area (Å²) in [4.78, 5) is 0. The van der Waals surface area contributed by atoms with E-state index in [-0.39, 0.29) is 0 Å². The van der Waals surface area contributed by atoms with Gasteiger partial charge in [-0.2, -0.15) is 0 Å². The molecular weight excluding hydrogens is 204 g/mol. The first kappa shape index (κ1) is 14.0. The molecule has 0 unspecified atom stereocenters. The van der Waals surface area contributed by atoms with Gasteiger partial charge < -0.3 is 0 Å². The maximum atomic E-state index is 2.29. The van der Waals surface area contributed by atoms with Gasteiger partial charge in [-0.05, 0) is 42.9 Å². The lowest BCUT2D eigenvalue weighted by Gasteiger charge is -2.11. The zero-order valence-corrected chi connectivity index (χ0v) is 11.6. The first-order chi connectivity index (χ1) is 8.33. The maximum Gasteiger partial charge on any atom is -0.0196 e. The molecule has 0 aromatic heterocycles. The van der Waals surface area contributed by atoms with Gasteiger partial charge in [0.1, 0.15) is 0 Å². The van der Waals surface area contributed by atoms with E-state index < -0.39 is 0 Å². The highest BCUT2D eigenvalue weighted by atomic mass is 14.1. The molecule has 0 aliphatic rings. The van der Waals surface area contributed by atoms with E-state index in [4.69, 9.17) is 0 Å². The number of aryl methyl sites for hydroxylation is 1. The molecule has 1 aromatic rings. The van der Waals surface area contributed by atoms with E-state index in [9.17, 15) is 0 Å². The Balaban J connectivity index is 2.67. The molecule has 0 heterocycles. The molecule has 0 saturated heterocycles. The topological polar surface area (TPSA) is 0 Å². The number of allylic oxidation sites excluding steroid dienone is 2. The zero-order chi connectivity index (χ0) is 12.5. The summed E-state index contributed by atoms with van der Waals surface area (Å²) in [7, 11) is 0. The fourth-order valence-electron chi connectivity index (χ4n) is 2.32. The van der Waals surface area contributed by atoms with Crippen molar-refractivity contribution in [1.82, 2.24) is 0 Å². The molecule has 0 atom stereocenters. The molecule has 1 aromatic carbocycles. The van der Waals surface area contributed by atoms with Gasteiger partial charge in [0.25, 0.3) is 0 Å². The normalized spacial score (nSPS) is 11.8. The van der Waals surface area contributed by atoms with E-state index in [1.807, 2.05) is 0 Å². The molecule has 0 bridgehead atoms. The summed E-state index contributed by atoms with van der Waals surface area (Å²) < 4.78 is 0. The molecule has 0 amide bonds. The molecule has 0 saturated carbocycles. The lowest BCUT2D eigenvalue weighted by molar-refractivity contribution is 0.678. The fraction of sp³-hybridized carbons (Fsp3) is 0.529. The van der Waals surface area contributed by atoms with Crippen molar-refractivity contribution in [3.63, 3.8) is 0 Å². The first-order valence-corrected chi connectivity index (χ1v) is 7.06. The summed E-state index contributed by atoms with van der Waals surface area (Å²) in [6, 6.07) is 8.83. The standard InChI is InChI=1S/C17H26/c1-4-7-8-9-12-15(5-2)17-14-11-10-13-16(17)6-3/h5,10-11,13-14H,4,6-9,12H2,1-3H3. The molecule has 0 N–H and O–H groups in total. The maximum absolute atomic E-state index is 2.29. The van der Waals surface area contributed by atoms with Crippen LogP contribution in [0.5, 0.6) is 0 Å². The quantitative estimate of drug-likeness (QED) is 0.533. The molecule has 0 heteroatoms. The smallest absolute Gasteiger partial charge is 0.0196 e. The van der Waals surface area contributed by atoms with Crippen LogP contribution in [-0.4, -0.2) is 0 Å². The predicted molar refractivity (Wildman–Crippen MR) is 78.2 cm³/mol. The van der Waals surface area contributed by atoms with Crippen molar-refractivity contribution in [3.05, 3.63) is 41.5 Å². The van der Waals surface area contributed by atoms with Crippen LogP contribution in [0.25, 0.3) is 5.57 Å². The molecule has 0 nitrogen and oxygen atoms in total. The summed E-state index contributed by atoms with van der Waals surface area (Å²) in [5, 5.41) is 0. The van der Waals surface area contributed by atoms with Crippen LogP contribution >= 0.6 is 0 Å². The van der Waals surface area contributed by atoms with Gasteiger partial charge in [-0.3, -0.25) is 0 Å². The Morgan fingerprint density at radius 1 is 1.06 bits per heavy atom. The van der Waals surface area contributed by atoms with Gasteiger partial charge in [0.05, 0.1) is 0 Å². The number of unbranched alkanes of at least 4 members (excludes halogenated alkanes) is 3. The predicted octanol–water partition coefficient (Wildman–Crippen LogP) is 5.62. The van der Waals surface area contributed by atoms with Crippen molar-refractivity contribution in [3.8, 4) is 0 Å². The molecule has 0 aliphatic carbocycles. The lowest BCUT2D eigenvalue weighted by atomic mass is 9.94. The Bertz CT molecular complexity index is 347. The van der Waals surface area contributed by atoms with E-state index in [1.165, 1.54) is 48.8 Å². The molecule has 0 aliphatic heterocycles. The average molecular weight is 230 g/mol. The third kappa shape index (κ3) is 4.38. The third-order valence-corrected chi connectivity index (χ3v) is 3.39. The van der Waals surface area contributed by atoms with E-state index in [2.05, 4.69) is 51.1 Å². The van der Waals surface area contributed by atoms with Crippen LogP contribution in [0.1, 0.15) is 64.0 Å². The second kappa shape index (κ2) is 8.11. The monoisotopic (exact) mass is 230 g/mol. The van der Waals surface area contributed by atoms with Crippen LogP contribution < -0.4 is 0 Å². The van der Waals surface area contributed by atoms with Gasteiger partial charge in [-0.25, -0.2) is 0 Å². The van der Waals surface area contributed by atoms with Crippen molar-refractivity contribution >= 4 is 5.57 Å². The minimum absolute atomic E-state index is 1.13. The minimum Gasteiger partial charge on any atom is -0.0838 e. The Kier molecular flexibility index (Phi) is 6.69. The molecule has 17 heavy (non-hydrogen) atoms. The van der Waals surface area contributed by atoms with Gasteiger partial charge >= 0.3 is 0 Å². The summed E-state index contributed by atoms with van der Waals surface area (Å²) >= 11 is 0. The highest BCUT2D eigenvalue weighted by Gasteiger charge is 2.04. The lowest BCUT2D eigenvalue weighted by Crippen LogP contribution is -1.92. The highest BCUT2D eigenvalue weighted by Crippen LogP contribution is 2.25. The Morgan fingerprint density at radius 2 is 1.82 bits per heavy atom. The van der Waals surface area contributed by atoms with Crippen molar-refractivity contribution < 1.29 is 0 Å². The molecule has 0 radical (unpaired) electrons. The first-order valence-electron chi connectivity index (χ1n) is 7.06. The van der Waals surface area contributed by atoms with Gasteiger partial charge in [0.2, 0.25) is 0 Å². The fourth-order valence-corrected chi connectivity index (χ4v) is 2.32. The summed E-state index contributed by atoms with van der Waals surface area (Å²) in [6.07, 6.45) is 10.0. The zero-order valence-electron chi connectivity index (χ0n) is 11.6. The Morgan fingerprint density at radius 3 is 2.47 bits per heavy atom. The van der Waals surface area contributed by atoms with Crippen molar-refractivity contribution in [2.45, 2.75) is 59.3 Å². The summed E-state index contributed by atoms with van der Waals surface area (Å²) in [5.41, 5.74) is 4.48. The van der Waals surface area contributed by atoms with Crippen LogP contribution in [0.2, 0.25) is 0 Å². The van der Waals surface area contributed by atoms with Gasteiger partial charge in [-0.15, -0.1) is 0 Å². The Hall–Kier alpha value is -1.04. The molecule has 0 spiro atoms.